The molecule has 1 nitrogen and oxygen atoms in total. The van der Waals surface area contributed by atoms with Crippen molar-refractivity contribution in [1.29, 1.82) is 0 Å². The Kier molecular flexibility index (Phi) is 4.60. The van der Waals surface area contributed by atoms with Gasteiger partial charge in [-0.3, -0.25) is 0 Å². The van der Waals surface area contributed by atoms with Crippen LogP contribution in [-0.4, -0.2) is 6.04 Å². The maximum Gasteiger partial charge on any atom is 0.0314 e. The lowest BCUT2D eigenvalue weighted by Crippen LogP contribution is -2.25. The van der Waals surface area contributed by atoms with E-state index in [4.69, 9.17) is 5.73 Å². The molecule has 0 saturated heterocycles. The molecule has 0 bridgehead atoms. The summed E-state index contributed by atoms with van der Waals surface area (Å²) in [5.74, 6) is 0. The molecule has 0 aliphatic heterocycles. The SMILES string of the molecule is Cc1ccc(CC(N)Cc2sccc2Br)cc1C. The van der Waals surface area contributed by atoms with Gasteiger partial charge in [0.15, 0.2) is 0 Å². The van der Waals surface area contributed by atoms with E-state index < -0.39 is 0 Å². The van der Waals surface area contributed by atoms with E-state index in [0.717, 1.165) is 12.8 Å². The monoisotopic (exact) mass is 323 g/mol. The maximum absolute atomic E-state index is 6.24. The van der Waals surface area contributed by atoms with Crippen molar-refractivity contribution in [3.8, 4) is 0 Å². The number of benzene rings is 1. The van der Waals surface area contributed by atoms with Crippen molar-refractivity contribution in [2.24, 2.45) is 5.73 Å². The largest absolute Gasteiger partial charge is 0.327 e. The number of halogens is 1. The van der Waals surface area contributed by atoms with Gasteiger partial charge in [0.2, 0.25) is 0 Å². The topological polar surface area (TPSA) is 26.0 Å². The van der Waals surface area contributed by atoms with Gasteiger partial charge in [0.05, 0.1) is 0 Å². The maximum atomic E-state index is 6.24. The van der Waals surface area contributed by atoms with Crippen molar-refractivity contribution in [2.45, 2.75) is 32.7 Å². The first-order chi connectivity index (χ1) is 8.56. The van der Waals surface area contributed by atoms with Crippen LogP contribution >= 0.6 is 27.3 Å². The fraction of sp³-hybridized carbons (Fsp3) is 0.333. The van der Waals surface area contributed by atoms with Gasteiger partial charge in [-0.1, -0.05) is 18.2 Å². The smallest absolute Gasteiger partial charge is 0.0314 e. The summed E-state index contributed by atoms with van der Waals surface area (Å²) in [6.45, 7) is 4.29. The molecule has 2 rings (SSSR count). The first kappa shape index (κ1) is 13.8. The summed E-state index contributed by atoms with van der Waals surface area (Å²) in [6.07, 6.45) is 1.87. The summed E-state index contributed by atoms with van der Waals surface area (Å²) in [5.41, 5.74) is 10.3. The van der Waals surface area contributed by atoms with E-state index >= 15 is 0 Å². The van der Waals surface area contributed by atoms with Crippen LogP contribution in [0.1, 0.15) is 21.6 Å². The van der Waals surface area contributed by atoms with E-state index in [1.807, 2.05) is 0 Å². The van der Waals surface area contributed by atoms with Crippen molar-refractivity contribution >= 4 is 27.3 Å². The highest BCUT2D eigenvalue weighted by Gasteiger charge is 2.09. The van der Waals surface area contributed by atoms with Crippen molar-refractivity contribution < 1.29 is 0 Å². The summed E-state index contributed by atoms with van der Waals surface area (Å²) in [6, 6.07) is 8.88. The first-order valence-electron chi connectivity index (χ1n) is 6.10. The lowest BCUT2D eigenvalue weighted by molar-refractivity contribution is 0.669. The molecule has 2 N–H and O–H groups in total. The van der Waals surface area contributed by atoms with Gasteiger partial charge in [0, 0.05) is 15.4 Å². The van der Waals surface area contributed by atoms with E-state index in [1.54, 1.807) is 11.3 Å². The molecule has 0 amide bonds. The van der Waals surface area contributed by atoms with Crippen molar-refractivity contribution in [1.82, 2.24) is 0 Å². The molecular weight excluding hydrogens is 306 g/mol. The summed E-state index contributed by atoms with van der Waals surface area (Å²) in [5, 5.41) is 2.10. The van der Waals surface area contributed by atoms with Gasteiger partial charge in [0.1, 0.15) is 0 Å². The van der Waals surface area contributed by atoms with Crippen LogP contribution in [-0.2, 0) is 12.8 Å². The average Bonchev–Trinajstić information content (AvgIpc) is 2.70. The van der Waals surface area contributed by atoms with Gasteiger partial charge < -0.3 is 5.73 Å². The Labute approximate surface area is 121 Å². The Bertz CT molecular complexity index is 533. The van der Waals surface area contributed by atoms with Crippen LogP contribution in [0.15, 0.2) is 34.1 Å². The molecule has 3 heteroatoms. The molecule has 1 atom stereocenters. The average molecular weight is 324 g/mol. The molecule has 0 aliphatic rings. The lowest BCUT2D eigenvalue weighted by atomic mass is 9.99. The van der Waals surface area contributed by atoms with Gasteiger partial charge in [0.25, 0.3) is 0 Å². The zero-order valence-electron chi connectivity index (χ0n) is 10.7. The second kappa shape index (κ2) is 6.00. The number of rotatable bonds is 4. The third kappa shape index (κ3) is 3.44. The molecule has 1 unspecified atom stereocenters. The summed E-state index contributed by atoms with van der Waals surface area (Å²) in [4.78, 5) is 1.34. The number of thiophene rings is 1. The first-order valence-corrected chi connectivity index (χ1v) is 7.77. The fourth-order valence-corrected chi connectivity index (χ4v) is 3.62. The minimum absolute atomic E-state index is 0.182. The summed E-state index contributed by atoms with van der Waals surface area (Å²) >= 11 is 5.32. The van der Waals surface area contributed by atoms with Crippen LogP contribution < -0.4 is 5.73 Å². The van der Waals surface area contributed by atoms with Crippen molar-refractivity contribution in [2.75, 3.05) is 0 Å². The van der Waals surface area contributed by atoms with Crippen LogP contribution in [0.4, 0.5) is 0 Å². The van der Waals surface area contributed by atoms with Crippen LogP contribution in [0.3, 0.4) is 0 Å². The lowest BCUT2D eigenvalue weighted by Gasteiger charge is -2.12. The third-order valence-corrected chi connectivity index (χ3v) is 5.16. The van der Waals surface area contributed by atoms with Crippen molar-refractivity contribution in [3.63, 3.8) is 0 Å². The molecule has 0 aliphatic carbocycles. The van der Waals surface area contributed by atoms with E-state index in [9.17, 15) is 0 Å². The van der Waals surface area contributed by atoms with E-state index in [1.165, 1.54) is 26.0 Å². The predicted octanol–water partition coefficient (Wildman–Crippen LogP) is 4.24. The molecule has 0 fully saturated rings. The van der Waals surface area contributed by atoms with E-state index in [0.29, 0.717) is 0 Å². The summed E-state index contributed by atoms with van der Waals surface area (Å²) in [7, 11) is 0. The minimum atomic E-state index is 0.182. The Morgan fingerprint density at radius 2 is 1.94 bits per heavy atom. The summed E-state index contributed by atoms with van der Waals surface area (Å²) < 4.78 is 1.18. The Balaban J connectivity index is 2.01. The second-order valence-electron chi connectivity index (χ2n) is 4.78. The second-order valence-corrected chi connectivity index (χ2v) is 6.63. The number of hydrogen-bond acceptors (Lipinski definition) is 2. The molecule has 1 aromatic carbocycles. The zero-order chi connectivity index (χ0) is 13.1. The van der Waals surface area contributed by atoms with E-state index in [2.05, 4.69) is 59.4 Å². The molecule has 1 aromatic heterocycles. The normalized spacial score (nSPS) is 12.7. The van der Waals surface area contributed by atoms with Crippen LogP contribution in [0.2, 0.25) is 0 Å². The Morgan fingerprint density at radius 3 is 2.56 bits per heavy atom. The molecule has 96 valence electrons. The van der Waals surface area contributed by atoms with E-state index in [-0.39, 0.29) is 6.04 Å². The molecule has 0 spiro atoms. The number of hydrogen-bond donors (Lipinski definition) is 1. The molecule has 0 saturated carbocycles. The van der Waals surface area contributed by atoms with Gasteiger partial charge >= 0.3 is 0 Å². The molecule has 0 radical (unpaired) electrons. The molecule has 1 heterocycles. The van der Waals surface area contributed by atoms with Gasteiger partial charge in [-0.05, 0) is 70.8 Å². The quantitative estimate of drug-likeness (QED) is 0.894. The van der Waals surface area contributed by atoms with Gasteiger partial charge in [-0.15, -0.1) is 11.3 Å². The fourth-order valence-electron chi connectivity index (χ4n) is 2.01. The third-order valence-electron chi connectivity index (χ3n) is 3.21. The highest BCUT2D eigenvalue weighted by atomic mass is 79.9. The predicted molar refractivity (Wildman–Crippen MR) is 83.3 cm³/mol. The van der Waals surface area contributed by atoms with Crippen LogP contribution in [0, 0.1) is 13.8 Å². The van der Waals surface area contributed by atoms with Crippen LogP contribution in [0.25, 0.3) is 0 Å². The highest BCUT2D eigenvalue weighted by Crippen LogP contribution is 2.24. The molecule has 2 aromatic rings. The van der Waals surface area contributed by atoms with Gasteiger partial charge in [-0.25, -0.2) is 0 Å². The number of nitrogens with two attached hydrogens (primary N) is 1. The number of aryl methyl sites for hydroxylation is 2. The standard InChI is InChI=1S/C15H18BrNS/c1-10-3-4-12(7-11(10)2)8-13(17)9-15-14(16)5-6-18-15/h3-7,13H,8-9,17H2,1-2H3. The minimum Gasteiger partial charge on any atom is -0.327 e. The molecular formula is C15H18BrNS. The van der Waals surface area contributed by atoms with Crippen LogP contribution in [0.5, 0.6) is 0 Å². The molecule has 18 heavy (non-hydrogen) atoms. The Morgan fingerprint density at radius 1 is 1.17 bits per heavy atom. The van der Waals surface area contributed by atoms with Crippen molar-refractivity contribution in [3.05, 3.63) is 55.7 Å². The Hall–Kier alpha value is -0.640. The van der Waals surface area contributed by atoms with Gasteiger partial charge in [-0.2, -0.15) is 0 Å². The highest BCUT2D eigenvalue weighted by molar-refractivity contribution is 9.10. The zero-order valence-corrected chi connectivity index (χ0v) is 13.1.